The van der Waals surface area contributed by atoms with Crippen molar-refractivity contribution in [2.24, 2.45) is 0 Å². The van der Waals surface area contributed by atoms with Crippen LogP contribution in [0.2, 0.25) is 0 Å². The molecule has 1 fully saturated rings. The summed E-state index contributed by atoms with van der Waals surface area (Å²) in [6, 6.07) is 0. The molecule has 0 spiro atoms. The first-order valence-corrected chi connectivity index (χ1v) is 7.03. The quantitative estimate of drug-likeness (QED) is 0.785. The van der Waals surface area contributed by atoms with Gasteiger partial charge in [-0.1, -0.05) is 11.8 Å². The fourth-order valence-electron chi connectivity index (χ4n) is 1.95. The molecule has 1 unspecified atom stereocenters. The zero-order valence-corrected chi connectivity index (χ0v) is 11.6. The summed E-state index contributed by atoms with van der Waals surface area (Å²) in [6.07, 6.45) is -2.46. The van der Waals surface area contributed by atoms with Gasteiger partial charge in [0.05, 0.1) is 5.25 Å². The molecular weight excluding hydrogens is 295 g/mol. The number of alkyl halides is 3. The maximum absolute atomic E-state index is 12.3. The molecule has 1 amide bonds. The van der Waals surface area contributed by atoms with Gasteiger partial charge in [-0.15, -0.1) is 5.10 Å². The van der Waals surface area contributed by atoms with Crippen molar-refractivity contribution >= 4 is 17.7 Å². The maximum Gasteiger partial charge on any atom is 0.408 e. The van der Waals surface area contributed by atoms with Crippen molar-refractivity contribution in [1.29, 1.82) is 0 Å². The third-order valence-electron chi connectivity index (χ3n) is 2.88. The molecule has 1 atom stereocenters. The van der Waals surface area contributed by atoms with Crippen molar-refractivity contribution in [2.75, 3.05) is 13.1 Å². The van der Waals surface area contributed by atoms with Gasteiger partial charge in [0.2, 0.25) is 11.1 Å². The minimum Gasteiger partial charge on any atom is -0.342 e. The van der Waals surface area contributed by atoms with E-state index in [1.807, 2.05) is 0 Å². The fourth-order valence-corrected chi connectivity index (χ4v) is 2.83. The summed E-state index contributed by atoms with van der Waals surface area (Å²) >= 11 is 0.948. The van der Waals surface area contributed by atoms with E-state index in [2.05, 4.69) is 15.5 Å². The lowest BCUT2D eigenvalue weighted by Crippen LogP contribution is -2.34. The van der Waals surface area contributed by atoms with Gasteiger partial charge in [-0.3, -0.25) is 4.79 Å². The predicted octanol–water partition coefficient (Wildman–Crippen LogP) is 1.34. The smallest absolute Gasteiger partial charge is 0.342 e. The highest BCUT2D eigenvalue weighted by atomic mass is 32.2. The Morgan fingerprint density at radius 2 is 2.05 bits per heavy atom. The molecule has 0 radical (unpaired) electrons. The molecule has 1 aromatic rings. The van der Waals surface area contributed by atoms with Crippen LogP contribution in [-0.2, 0) is 11.3 Å². The average Bonchev–Trinajstić information content (AvgIpc) is 2.98. The van der Waals surface area contributed by atoms with Crippen LogP contribution in [-0.4, -0.2) is 55.5 Å². The third kappa shape index (κ3) is 3.84. The molecule has 0 aromatic carbocycles. The zero-order chi connectivity index (χ0) is 14.8. The monoisotopic (exact) mass is 309 g/mol. The van der Waals surface area contributed by atoms with Crippen LogP contribution in [0.4, 0.5) is 13.2 Å². The van der Waals surface area contributed by atoms with Crippen molar-refractivity contribution in [3.05, 3.63) is 0 Å². The number of tetrazole rings is 1. The molecule has 2 rings (SSSR count). The van der Waals surface area contributed by atoms with Gasteiger partial charge in [0.15, 0.2) is 0 Å². The second-order valence-corrected chi connectivity index (χ2v) is 5.83. The summed E-state index contributed by atoms with van der Waals surface area (Å²) in [5.41, 5.74) is 0. The summed E-state index contributed by atoms with van der Waals surface area (Å²) in [6.45, 7) is 1.80. The van der Waals surface area contributed by atoms with Crippen molar-refractivity contribution in [3.63, 3.8) is 0 Å². The topological polar surface area (TPSA) is 63.9 Å². The van der Waals surface area contributed by atoms with E-state index in [1.165, 1.54) is 0 Å². The Kier molecular flexibility index (Phi) is 4.51. The number of nitrogens with zero attached hydrogens (tertiary/aromatic N) is 5. The summed E-state index contributed by atoms with van der Waals surface area (Å²) in [5.74, 6) is -0.0888. The Bertz CT molecular complexity index is 472. The molecule has 10 heteroatoms. The van der Waals surface area contributed by atoms with Gasteiger partial charge in [-0.25, -0.2) is 4.68 Å². The van der Waals surface area contributed by atoms with Gasteiger partial charge < -0.3 is 4.90 Å². The van der Waals surface area contributed by atoms with E-state index < -0.39 is 18.0 Å². The number of amides is 1. The molecule has 6 nitrogen and oxygen atoms in total. The normalized spacial score (nSPS) is 17.5. The molecule has 0 N–H and O–H groups in total. The highest BCUT2D eigenvalue weighted by Gasteiger charge is 2.31. The van der Waals surface area contributed by atoms with Gasteiger partial charge in [0, 0.05) is 13.1 Å². The Hall–Kier alpha value is -1.32. The number of aromatic nitrogens is 4. The predicted molar refractivity (Wildman–Crippen MR) is 65.0 cm³/mol. The van der Waals surface area contributed by atoms with Gasteiger partial charge >= 0.3 is 6.18 Å². The van der Waals surface area contributed by atoms with Crippen LogP contribution >= 0.6 is 11.8 Å². The van der Waals surface area contributed by atoms with Gasteiger partial charge in [-0.2, -0.15) is 13.2 Å². The number of halogens is 3. The molecule has 0 saturated carbocycles. The minimum atomic E-state index is -4.40. The summed E-state index contributed by atoms with van der Waals surface area (Å²) in [7, 11) is 0. The van der Waals surface area contributed by atoms with Gasteiger partial charge in [-0.05, 0) is 30.2 Å². The van der Waals surface area contributed by atoms with Crippen LogP contribution in [0.1, 0.15) is 19.8 Å². The van der Waals surface area contributed by atoms with Crippen molar-refractivity contribution < 1.29 is 18.0 Å². The van der Waals surface area contributed by atoms with E-state index in [1.54, 1.807) is 11.8 Å². The van der Waals surface area contributed by atoms with Crippen molar-refractivity contribution in [1.82, 2.24) is 25.1 Å². The molecule has 1 aromatic heterocycles. The van der Waals surface area contributed by atoms with E-state index in [0.29, 0.717) is 17.8 Å². The van der Waals surface area contributed by atoms with Crippen LogP contribution in [0.3, 0.4) is 0 Å². The highest BCUT2D eigenvalue weighted by molar-refractivity contribution is 8.00. The van der Waals surface area contributed by atoms with Gasteiger partial charge in [0.1, 0.15) is 6.54 Å². The standard InChI is InChI=1S/C10H14F3N5OS/c1-7(8(19)17-4-2-3-5-17)20-9-14-15-16-18(9)6-10(11,12)13/h7H,2-6H2,1H3. The molecule has 1 saturated heterocycles. The number of hydrogen-bond acceptors (Lipinski definition) is 5. The minimum absolute atomic E-state index is 0.00220. The van der Waals surface area contributed by atoms with E-state index in [9.17, 15) is 18.0 Å². The van der Waals surface area contributed by atoms with Gasteiger partial charge in [0.25, 0.3) is 0 Å². The van der Waals surface area contributed by atoms with E-state index >= 15 is 0 Å². The number of likely N-dealkylation sites (tertiary alicyclic amines) is 1. The van der Waals surface area contributed by atoms with Crippen LogP contribution in [0, 0.1) is 0 Å². The number of thioether (sulfide) groups is 1. The van der Waals surface area contributed by atoms with E-state index in [4.69, 9.17) is 0 Å². The molecule has 0 aliphatic carbocycles. The summed E-state index contributed by atoms with van der Waals surface area (Å²) in [4.78, 5) is 13.8. The largest absolute Gasteiger partial charge is 0.408 e. The maximum atomic E-state index is 12.3. The SMILES string of the molecule is CC(Sc1nnnn1CC(F)(F)F)C(=O)N1CCCC1. The van der Waals surface area contributed by atoms with Crippen LogP contribution in [0.25, 0.3) is 0 Å². The molecule has 2 heterocycles. The van der Waals surface area contributed by atoms with Crippen LogP contribution < -0.4 is 0 Å². The highest BCUT2D eigenvalue weighted by Crippen LogP contribution is 2.25. The molecular formula is C10H14F3N5OS. The second-order valence-electron chi connectivity index (χ2n) is 4.53. The summed E-state index contributed by atoms with van der Waals surface area (Å²) < 4.78 is 37.7. The lowest BCUT2D eigenvalue weighted by atomic mass is 10.4. The van der Waals surface area contributed by atoms with Crippen LogP contribution in [0.15, 0.2) is 5.16 Å². The molecule has 20 heavy (non-hydrogen) atoms. The molecule has 112 valence electrons. The lowest BCUT2D eigenvalue weighted by molar-refractivity contribution is -0.144. The molecule has 1 aliphatic rings. The first-order valence-electron chi connectivity index (χ1n) is 6.15. The number of carbonyl (C=O) groups is 1. The zero-order valence-electron chi connectivity index (χ0n) is 10.8. The van der Waals surface area contributed by atoms with Crippen LogP contribution in [0.5, 0.6) is 0 Å². The fraction of sp³-hybridized carbons (Fsp3) is 0.800. The second kappa shape index (κ2) is 5.98. The van der Waals surface area contributed by atoms with Crippen molar-refractivity contribution in [3.8, 4) is 0 Å². The Morgan fingerprint density at radius 1 is 1.40 bits per heavy atom. The average molecular weight is 309 g/mol. The molecule has 0 bridgehead atoms. The van der Waals surface area contributed by atoms with Crippen molar-refractivity contribution in [2.45, 2.75) is 42.9 Å². The molecule has 1 aliphatic heterocycles. The number of hydrogen-bond donors (Lipinski definition) is 0. The van der Waals surface area contributed by atoms with E-state index in [-0.39, 0.29) is 11.1 Å². The Balaban J connectivity index is 1.99. The summed E-state index contributed by atoms with van der Waals surface area (Å²) in [5, 5.41) is 9.57. The van der Waals surface area contributed by atoms with E-state index in [0.717, 1.165) is 24.6 Å². The number of rotatable bonds is 4. The first kappa shape index (κ1) is 15.1. The lowest BCUT2D eigenvalue weighted by Gasteiger charge is -2.19. The number of carbonyl (C=O) groups excluding carboxylic acids is 1. The third-order valence-corrected chi connectivity index (χ3v) is 3.93. The Morgan fingerprint density at radius 3 is 2.65 bits per heavy atom. The Labute approximate surface area is 117 Å². The first-order chi connectivity index (χ1) is 9.37.